The number of rotatable bonds is 5. The zero-order valence-corrected chi connectivity index (χ0v) is 12.3. The molecule has 1 aliphatic rings. The van der Waals surface area contributed by atoms with Gasteiger partial charge in [-0.1, -0.05) is 0 Å². The standard InChI is InChI=1S/C15H16F2N4O2/c16-15(17)23-12-3-1-11(2-4-12)20-13-9-14(19-10-18-13)21-5-7-22-8-6-21/h1-4,9-10,15H,5-8H2,(H,18,19,20). The molecule has 0 aliphatic carbocycles. The van der Waals surface area contributed by atoms with E-state index in [0.717, 1.165) is 24.6 Å². The molecule has 0 amide bonds. The molecule has 0 atom stereocenters. The lowest BCUT2D eigenvalue weighted by Gasteiger charge is -2.27. The third-order valence-corrected chi connectivity index (χ3v) is 3.34. The van der Waals surface area contributed by atoms with Gasteiger partial charge in [-0.2, -0.15) is 8.78 Å². The number of nitrogens with one attached hydrogen (secondary N) is 1. The minimum Gasteiger partial charge on any atom is -0.435 e. The Hall–Kier alpha value is -2.48. The Morgan fingerprint density at radius 2 is 1.87 bits per heavy atom. The summed E-state index contributed by atoms with van der Waals surface area (Å²) in [5.41, 5.74) is 0.721. The molecule has 122 valence electrons. The number of halogens is 2. The fraction of sp³-hybridized carbons (Fsp3) is 0.333. The largest absolute Gasteiger partial charge is 0.435 e. The number of alkyl halides is 2. The highest BCUT2D eigenvalue weighted by molar-refractivity contribution is 5.60. The Morgan fingerprint density at radius 3 is 2.57 bits per heavy atom. The molecule has 2 heterocycles. The van der Waals surface area contributed by atoms with Gasteiger partial charge in [0.05, 0.1) is 13.2 Å². The molecule has 3 rings (SSSR count). The zero-order chi connectivity index (χ0) is 16.1. The van der Waals surface area contributed by atoms with Crippen LogP contribution in [0.25, 0.3) is 0 Å². The Kier molecular flexibility index (Phi) is 4.82. The molecule has 0 radical (unpaired) electrons. The van der Waals surface area contributed by atoms with Crippen LogP contribution in [0, 0.1) is 0 Å². The van der Waals surface area contributed by atoms with Gasteiger partial charge in [-0.25, -0.2) is 9.97 Å². The molecule has 1 saturated heterocycles. The minimum atomic E-state index is -2.83. The van der Waals surface area contributed by atoms with Crippen molar-refractivity contribution in [3.05, 3.63) is 36.7 Å². The molecular formula is C15H16F2N4O2. The highest BCUT2D eigenvalue weighted by Crippen LogP contribution is 2.22. The van der Waals surface area contributed by atoms with Crippen molar-refractivity contribution in [2.45, 2.75) is 6.61 Å². The van der Waals surface area contributed by atoms with Gasteiger partial charge in [0.2, 0.25) is 0 Å². The normalized spacial score (nSPS) is 14.8. The Labute approximate surface area is 132 Å². The average molecular weight is 322 g/mol. The van der Waals surface area contributed by atoms with Crippen molar-refractivity contribution in [2.24, 2.45) is 0 Å². The Morgan fingerprint density at radius 1 is 1.13 bits per heavy atom. The van der Waals surface area contributed by atoms with E-state index in [-0.39, 0.29) is 5.75 Å². The maximum Gasteiger partial charge on any atom is 0.387 e. The molecule has 0 bridgehead atoms. The first-order chi connectivity index (χ1) is 11.2. The van der Waals surface area contributed by atoms with Crippen molar-refractivity contribution >= 4 is 17.3 Å². The lowest BCUT2D eigenvalue weighted by Crippen LogP contribution is -2.36. The first-order valence-electron chi connectivity index (χ1n) is 7.17. The van der Waals surface area contributed by atoms with Crippen molar-refractivity contribution in [3.63, 3.8) is 0 Å². The van der Waals surface area contributed by atoms with Gasteiger partial charge in [0.1, 0.15) is 23.7 Å². The van der Waals surface area contributed by atoms with Gasteiger partial charge >= 0.3 is 6.61 Å². The quantitative estimate of drug-likeness (QED) is 0.913. The van der Waals surface area contributed by atoms with Crippen LogP contribution < -0.4 is 15.0 Å². The molecule has 1 aromatic carbocycles. The molecule has 0 unspecified atom stereocenters. The van der Waals surface area contributed by atoms with Crippen LogP contribution in [0.1, 0.15) is 0 Å². The topological polar surface area (TPSA) is 59.5 Å². The Balaban J connectivity index is 1.67. The molecule has 1 aromatic heterocycles. The number of morpholine rings is 1. The first-order valence-corrected chi connectivity index (χ1v) is 7.17. The molecule has 0 saturated carbocycles. The second-order valence-electron chi connectivity index (χ2n) is 4.89. The Bertz CT molecular complexity index is 634. The number of ether oxygens (including phenoxy) is 2. The second kappa shape index (κ2) is 7.19. The van der Waals surface area contributed by atoms with Crippen molar-refractivity contribution in [1.82, 2.24) is 9.97 Å². The van der Waals surface area contributed by atoms with Gasteiger partial charge < -0.3 is 19.7 Å². The third kappa shape index (κ3) is 4.26. The average Bonchev–Trinajstić information content (AvgIpc) is 2.57. The van der Waals surface area contributed by atoms with Gasteiger partial charge in [-0.3, -0.25) is 0 Å². The molecule has 8 heteroatoms. The van der Waals surface area contributed by atoms with E-state index in [1.165, 1.54) is 18.5 Å². The number of anilines is 3. The maximum absolute atomic E-state index is 12.1. The fourth-order valence-electron chi connectivity index (χ4n) is 2.25. The van der Waals surface area contributed by atoms with Gasteiger partial charge in [0.15, 0.2) is 0 Å². The molecular weight excluding hydrogens is 306 g/mol. The summed E-state index contributed by atoms with van der Waals surface area (Å²) < 4.78 is 33.9. The van der Waals surface area contributed by atoms with Gasteiger partial charge in [-0.15, -0.1) is 0 Å². The maximum atomic E-state index is 12.1. The zero-order valence-electron chi connectivity index (χ0n) is 12.3. The van der Waals surface area contributed by atoms with Gasteiger partial charge in [0, 0.05) is 24.8 Å². The van der Waals surface area contributed by atoms with E-state index in [4.69, 9.17) is 4.74 Å². The third-order valence-electron chi connectivity index (χ3n) is 3.34. The molecule has 2 aromatic rings. The van der Waals surface area contributed by atoms with Crippen LogP contribution in [0.5, 0.6) is 5.75 Å². The first kappa shape index (κ1) is 15.4. The van der Waals surface area contributed by atoms with Crippen LogP contribution in [0.3, 0.4) is 0 Å². The fourth-order valence-corrected chi connectivity index (χ4v) is 2.25. The van der Waals surface area contributed by atoms with Crippen LogP contribution >= 0.6 is 0 Å². The summed E-state index contributed by atoms with van der Waals surface area (Å²) in [5, 5.41) is 3.11. The molecule has 23 heavy (non-hydrogen) atoms. The summed E-state index contributed by atoms with van der Waals surface area (Å²) in [6, 6.07) is 8.08. The van der Waals surface area contributed by atoms with Crippen LogP contribution in [-0.2, 0) is 4.74 Å². The molecule has 1 fully saturated rings. The highest BCUT2D eigenvalue weighted by Gasteiger charge is 2.13. The monoisotopic (exact) mass is 322 g/mol. The van der Waals surface area contributed by atoms with Crippen molar-refractivity contribution in [3.8, 4) is 5.75 Å². The van der Waals surface area contributed by atoms with Crippen molar-refractivity contribution < 1.29 is 18.3 Å². The number of hydrogen-bond donors (Lipinski definition) is 1. The molecule has 0 spiro atoms. The second-order valence-corrected chi connectivity index (χ2v) is 4.89. The van der Waals surface area contributed by atoms with E-state index in [0.29, 0.717) is 19.0 Å². The smallest absolute Gasteiger partial charge is 0.387 e. The van der Waals surface area contributed by atoms with Crippen molar-refractivity contribution in [2.75, 3.05) is 36.5 Å². The summed E-state index contributed by atoms with van der Waals surface area (Å²) in [4.78, 5) is 10.6. The van der Waals surface area contributed by atoms with E-state index >= 15 is 0 Å². The molecule has 6 nitrogen and oxygen atoms in total. The minimum absolute atomic E-state index is 0.113. The van der Waals surface area contributed by atoms with Crippen LogP contribution in [-0.4, -0.2) is 42.9 Å². The summed E-state index contributed by atoms with van der Waals surface area (Å²) in [7, 11) is 0. The van der Waals surface area contributed by atoms with E-state index in [1.54, 1.807) is 12.1 Å². The van der Waals surface area contributed by atoms with Crippen LogP contribution in [0.4, 0.5) is 26.1 Å². The number of nitrogens with zero attached hydrogens (tertiary/aromatic N) is 3. The van der Waals surface area contributed by atoms with Gasteiger partial charge in [-0.05, 0) is 24.3 Å². The van der Waals surface area contributed by atoms with Crippen LogP contribution in [0.2, 0.25) is 0 Å². The summed E-state index contributed by atoms with van der Waals surface area (Å²) in [6.45, 7) is 0.106. The van der Waals surface area contributed by atoms with E-state index < -0.39 is 6.61 Å². The summed E-state index contributed by atoms with van der Waals surface area (Å²) in [6.07, 6.45) is 1.49. The van der Waals surface area contributed by atoms with Crippen molar-refractivity contribution in [1.29, 1.82) is 0 Å². The van der Waals surface area contributed by atoms with E-state index in [9.17, 15) is 8.78 Å². The SMILES string of the molecule is FC(F)Oc1ccc(Nc2cc(N3CCOCC3)ncn2)cc1. The molecule has 1 N–H and O–H groups in total. The number of aromatic nitrogens is 2. The van der Waals surface area contributed by atoms with E-state index in [2.05, 4.69) is 24.9 Å². The number of benzene rings is 1. The van der Waals surface area contributed by atoms with E-state index in [1.807, 2.05) is 6.07 Å². The predicted octanol–water partition coefficient (Wildman–Crippen LogP) is 2.66. The predicted molar refractivity (Wildman–Crippen MR) is 81.4 cm³/mol. The van der Waals surface area contributed by atoms with Gasteiger partial charge in [0.25, 0.3) is 0 Å². The van der Waals surface area contributed by atoms with Crippen LogP contribution in [0.15, 0.2) is 36.7 Å². The molecule has 1 aliphatic heterocycles. The lowest BCUT2D eigenvalue weighted by molar-refractivity contribution is -0.0498. The number of hydrogen-bond acceptors (Lipinski definition) is 6. The highest BCUT2D eigenvalue weighted by atomic mass is 19.3. The summed E-state index contributed by atoms with van der Waals surface area (Å²) in [5.74, 6) is 1.56. The summed E-state index contributed by atoms with van der Waals surface area (Å²) >= 11 is 0. The lowest BCUT2D eigenvalue weighted by atomic mass is 10.3.